The normalized spacial score (nSPS) is 17.1. The van der Waals surface area contributed by atoms with Gasteiger partial charge in [-0.15, -0.1) is 0 Å². The Morgan fingerprint density at radius 2 is 2.10 bits per heavy atom. The van der Waals surface area contributed by atoms with Crippen LogP contribution in [0.2, 0.25) is 5.02 Å². The summed E-state index contributed by atoms with van der Waals surface area (Å²) >= 11 is 5.79. The predicted octanol–water partition coefficient (Wildman–Crippen LogP) is 2.50. The highest BCUT2D eigenvalue weighted by atomic mass is 35.5. The van der Waals surface area contributed by atoms with Crippen LogP contribution in [0.15, 0.2) is 36.5 Å². The molecule has 1 atom stereocenters. The van der Waals surface area contributed by atoms with Gasteiger partial charge in [0, 0.05) is 18.4 Å². The number of nitrogens with one attached hydrogen (secondary N) is 1. The van der Waals surface area contributed by atoms with E-state index in [-0.39, 0.29) is 12.5 Å². The lowest BCUT2D eigenvalue weighted by molar-refractivity contribution is -0.138. The maximum absolute atomic E-state index is 12.4. The van der Waals surface area contributed by atoms with Crippen molar-refractivity contribution in [3.8, 4) is 0 Å². The molecule has 5 nitrogen and oxygen atoms in total. The molecule has 1 unspecified atom stereocenters. The zero-order chi connectivity index (χ0) is 14.3. The van der Waals surface area contributed by atoms with Crippen molar-refractivity contribution in [2.45, 2.75) is 5.92 Å². The number of para-hydroxylation sites is 1. The van der Waals surface area contributed by atoms with E-state index in [9.17, 15) is 14.7 Å². The van der Waals surface area contributed by atoms with Gasteiger partial charge in [-0.05, 0) is 17.7 Å². The number of H-pyrrole nitrogens is 1. The van der Waals surface area contributed by atoms with Crippen LogP contribution in [-0.2, 0) is 4.79 Å². The summed E-state index contributed by atoms with van der Waals surface area (Å²) < 4.78 is 0. The largest absolute Gasteiger partial charge is 0.481 e. The van der Waals surface area contributed by atoms with Gasteiger partial charge in [0.2, 0.25) is 0 Å². The molecular weight excluding hydrogens is 280 g/mol. The van der Waals surface area contributed by atoms with E-state index in [0.717, 1.165) is 0 Å². The number of aromatic amines is 1. The van der Waals surface area contributed by atoms with E-state index in [1.807, 2.05) is 0 Å². The summed E-state index contributed by atoms with van der Waals surface area (Å²) in [5.41, 5.74) is 1.64. The van der Waals surface area contributed by atoms with Gasteiger partial charge < -0.3 is 15.0 Å². The summed E-state index contributed by atoms with van der Waals surface area (Å²) in [6.45, 7) is 0.129. The van der Waals surface area contributed by atoms with E-state index in [1.54, 1.807) is 24.3 Å². The Morgan fingerprint density at radius 1 is 1.35 bits per heavy atom. The second-order valence-electron chi connectivity index (χ2n) is 4.60. The molecule has 1 aliphatic heterocycles. The minimum Gasteiger partial charge on any atom is -0.481 e. The SMILES string of the molecule is O=C(O)C1CN(C(=O)c2cc(Cl)c[nH]2)c2ccccc21. The lowest BCUT2D eigenvalue weighted by Gasteiger charge is -2.16. The second kappa shape index (κ2) is 4.68. The number of amides is 1. The zero-order valence-corrected chi connectivity index (χ0v) is 11.1. The number of benzene rings is 1. The van der Waals surface area contributed by atoms with E-state index < -0.39 is 11.9 Å². The van der Waals surface area contributed by atoms with Crippen LogP contribution in [0.4, 0.5) is 5.69 Å². The van der Waals surface area contributed by atoms with Crippen molar-refractivity contribution >= 4 is 29.2 Å². The van der Waals surface area contributed by atoms with Gasteiger partial charge in [-0.25, -0.2) is 0 Å². The Morgan fingerprint density at radius 3 is 2.75 bits per heavy atom. The van der Waals surface area contributed by atoms with Gasteiger partial charge in [0.1, 0.15) is 11.6 Å². The molecular formula is C14H11ClN2O3. The van der Waals surface area contributed by atoms with Gasteiger partial charge in [0.25, 0.3) is 5.91 Å². The van der Waals surface area contributed by atoms with Crippen LogP contribution in [0.3, 0.4) is 0 Å². The standard InChI is InChI=1S/C14H11ClN2O3/c15-8-5-11(16-6-8)13(18)17-7-10(14(19)20)9-3-1-2-4-12(9)17/h1-6,10,16H,7H2,(H,19,20). The molecule has 0 saturated carbocycles. The van der Waals surface area contributed by atoms with Gasteiger partial charge in [0.15, 0.2) is 0 Å². The third-order valence-corrected chi connectivity index (χ3v) is 3.61. The molecule has 1 aromatic heterocycles. The molecule has 6 heteroatoms. The average Bonchev–Trinajstić information content (AvgIpc) is 3.02. The molecule has 3 rings (SSSR count). The number of fused-ring (bicyclic) bond motifs is 1. The number of halogens is 1. The maximum atomic E-state index is 12.4. The smallest absolute Gasteiger partial charge is 0.312 e. The Bertz CT molecular complexity index is 695. The van der Waals surface area contributed by atoms with Crippen LogP contribution in [0.5, 0.6) is 0 Å². The molecule has 1 amide bonds. The summed E-state index contributed by atoms with van der Waals surface area (Å²) in [6, 6.07) is 8.57. The summed E-state index contributed by atoms with van der Waals surface area (Å²) in [4.78, 5) is 28.0. The van der Waals surface area contributed by atoms with Crippen molar-refractivity contribution < 1.29 is 14.7 Å². The minimum absolute atomic E-state index is 0.129. The fourth-order valence-corrected chi connectivity index (χ4v) is 2.61. The number of rotatable bonds is 2. The summed E-state index contributed by atoms with van der Waals surface area (Å²) in [5, 5.41) is 9.71. The fourth-order valence-electron chi connectivity index (χ4n) is 2.45. The van der Waals surface area contributed by atoms with Crippen molar-refractivity contribution in [1.82, 2.24) is 4.98 Å². The molecule has 2 aromatic rings. The number of carbonyl (C=O) groups excluding carboxylic acids is 1. The molecule has 20 heavy (non-hydrogen) atoms. The molecule has 1 aliphatic rings. The van der Waals surface area contributed by atoms with Crippen LogP contribution in [-0.4, -0.2) is 28.5 Å². The molecule has 0 spiro atoms. The number of hydrogen-bond acceptors (Lipinski definition) is 2. The lowest BCUT2D eigenvalue weighted by atomic mass is 10.0. The molecule has 0 fully saturated rings. The number of anilines is 1. The summed E-state index contributed by atoms with van der Waals surface area (Å²) in [6.07, 6.45) is 1.52. The number of aliphatic carboxylic acids is 1. The Balaban J connectivity index is 2.00. The molecule has 0 radical (unpaired) electrons. The molecule has 1 aromatic carbocycles. The van der Waals surface area contributed by atoms with Crippen LogP contribution < -0.4 is 4.90 Å². The van der Waals surface area contributed by atoms with Crippen molar-refractivity contribution in [1.29, 1.82) is 0 Å². The summed E-state index contributed by atoms with van der Waals surface area (Å²) in [5.74, 6) is -1.91. The monoisotopic (exact) mass is 290 g/mol. The first-order valence-corrected chi connectivity index (χ1v) is 6.43. The molecule has 0 aliphatic carbocycles. The van der Waals surface area contributed by atoms with Crippen LogP contribution in [0.25, 0.3) is 0 Å². The van der Waals surface area contributed by atoms with Crippen LogP contribution in [0, 0.1) is 0 Å². The molecule has 102 valence electrons. The average molecular weight is 291 g/mol. The number of carboxylic acid groups (broad SMARTS) is 1. The van der Waals surface area contributed by atoms with Gasteiger partial charge in [-0.1, -0.05) is 29.8 Å². The van der Waals surface area contributed by atoms with Gasteiger partial charge >= 0.3 is 5.97 Å². The molecule has 2 heterocycles. The first-order valence-electron chi connectivity index (χ1n) is 6.05. The van der Waals surface area contributed by atoms with Crippen molar-refractivity contribution in [3.05, 3.63) is 52.8 Å². The Labute approximate surface area is 119 Å². The number of hydrogen-bond donors (Lipinski definition) is 2. The van der Waals surface area contributed by atoms with E-state index in [1.165, 1.54) is 17.2 Å². The van der Waals surface area contributed by atoms with Crippen molar-refractivity contribution in [2.75, 3.05) is 11.4 Å². The minimum atomic E-state index is -0.933. The topological polar surface area (TPSA) is 73.4 Å². The van der Waals surface area contributed by atoms with E-state index in [0.29, 0.717) is 22.0 Å². The number of carboxylic acids is 1. The van der Waals surface area contributed by atoms with E-state index in [2.05, 4.69) is 4.98 Å². The molecule has 2 N–H and O–H groups in total. The quantitative estimate of drug-likeness (QED) is 0.892. The lowest BCUT2D eigenvalue weighted by Crippen LogP contribution is -2.31. The number of carbonyl (C=O) groups is 2. The predicted molar refractivity (Wildman–Crippen MR) is 74.3 cm³/mol. The first-order chi connectivity index (χ1) is 9.58. The third-order valence-electron chi connectivity index (χ3n) is 3.39. The number of aromatic nitrogens is 1. The van der Waals surface area contributed by atoms with E-state index >= 15 is 0 Å². The van der Waals surface area contributed by atoms with Crippen LogP contribution in [0.1, 0.15) is 22.0 Å². The Hall–Kier alpha value is -2.27. The zero-order valence-electron chi connectivity index (χ0n) is 10.3. The van der Waals surface area contributed by atoms with Crippen molar-refractivity contribution in [2.24, 2.45) is 0 Å². The second-order valence-corrected chi connectivity index (χ2v) is 5.03. The molecule has 0 saturated heterocycles. The number of nitrogens with zero attached hydrogens (tertiary/aromatic N) is 1. The summed E-state index contributed by atoms with van der Waals surface area (Å²) in [7, 11) is 0. The Kier molecular flexibility index (Phi) is 2.99. The van der Waals surface area contributed by atoms with Crippen molar-refractivity contribution in [3.63, 3.8) is 0 Å². The highest BCUT2D eigenvalue weighted by Crippen LogP contribution is 2.37. The van der Waals surface area contributed by atoms with Gasteiger partial charge in [0.05, 0.1) is 5.02 Å². The fraction of sp³-hybridized carbons (Fsp3) is 0.143. The maximum Gasteiger partial charge on any atom is 0.312 e. The van der Waals surface area contributed by atoms with Crippen LogP contribution >= 0.6 is 11.6 Å². The molecule has 0 bridgehead atoms. The van der Waals surface area contributed by atoms with Gasteiger partial charge in [-0.2, -0.15) is 0 Å². The highest BCUT2D eigenvalue weighted by Gasteiger charge is 2.36. The van der Waals surface area contributed by atoms with Gasteiger partial charge in [-0.3, -0.25) is 9.59 Å². The highest BCUT2D eigenvalue weighted by molar-refractivity contribution is 6.31. The first kappa shape index (κ1) is 12.7. The van der Waals surface area contributed by atoms with E-state index in [4.69, 9.17) is 11.6 Å². The third kappa shape index (κ3) is 1.96.